The van der Waals surface area contributed by atoms with Crippen LogP contribution in [0.15, 0.2) is 33.9 Å². The van der Waals surface area contributed by atoms with Crippen LogP contribution in [-0.2, 0) is 4.84 Å². The maximum Gasteiger partial charge on any atom is 0.140 e. The van der Waals surface area contributed by atoms with Crippen molar-refractivity contribution in [3.05, 3.63) is 34.3 Å². The molecule has 71 valence electrons. The van der Waals surface area contributed by atoms with Crippen molar-refractivity contribution >= 4 is 22.1 Å². The van der Waals surface area contributed by atoms with Gasteiger partial charge in [0.2, 0.25) is 0 Å². The van der Waals surface area contributed by atoms with Crippen molar-refractivity contribution in [2.45, 2.75) is 6.42 Å². The zero-order chi connectivity index (χ0) is 10.2. The molecule has 0 aliphatic carbocycles. The second-order valence-corrected chi connectivity index (χ2v) is 3.32. The van der Waals surface area contributed by atoms with Gasteiger partial charge in [-0.1, -0.05) is 39.3 Å². The molecule has 0 unspecified atom stereocenters. The predicted octanol–water partition coefficient (Wildman–Crippen LogP) is 2.70. The van der Waals surface area contributed by atoms with E-state index in [0.717, 1.165) is 10.0 Å². The van der Waals surface area contributed by atoms with E-state index in [9.17, 15) is 0 Å². The number of benzene rings is 1. The fourth-order valence-electron chi connectivity index (χ4n) is 0.784. The van der Waals surface area contributed by atoms with Crippen LogP contribution >= 0.6 is 15.9 Å². The van der Waals surface area contributed by atoms with Gasteiger partial charge in [0.05, 0.1) is 0 Å². The maximum absolute atomic E-state index is 5.05. The smallest absolute Gasteiger partial charge is 0.140 e. The van der Waals surface area contributed by atoms with Gasteiger partial charge in [-0.3, -0.25) is 0 Å². The fraction of sp³-hybridized carbons (Fsp3) is 0.182. The molecule has 0 aliphatic rings. The lowest BCUT2D eigenvalue weighted by Crippen LogP contribution is -1.88. The number of halogens is 1. The molecule has 0 bridgehead atoms. The predicted molar refractivity (Wildman–Crippen MR) is 60.1 cm³/mol. The van der Waals surface area contributed by atoms with Crippen LogP contribution in [0.4, 0.5) is 0 Å². The third-order valence-electron chi connectivity index (χ3n) is 1.44. The molecule has 0 aromatic heterocycles. The lowest BCUT2D eigenvalue weighted by molar-refractivity contribution is 0.152. The molecule has 0 saturated heterocycles. The second-order valence-electron chi connectivity index (χ2n) is 2.47. The van der Waals surface area contributed by atoms with Crippen molar-refractivity contribution in [1.82, 2.24) is 0 Å². The molecule has 0 spiro atoms. The molecule has 14 heavy (non-hydrogen) atoms. The van der Waals surface area contributed by atoms with Gasteiger partial charge in [-0.15, -0.1) is 12.3 Å². The van der Waals surface area contributed by atoms with Crippen LogP contribution in [0.1, 0.15) is 12.0 Å². The summed E-state index contributed by atoms with van der Waals surface area (Å²) in [6.07, 6.45) is 8.36. The van der Waals surface area contributed by atoms with Crippen molar-refractivity contribution in [2.24, 2.45) is 5.16 Å². The monoisotopic (exact) mass is 250 g/mol. The molecule has 0 N–H and O–H groups in total. The van der Waals surface area contributed by atoms with Gasteiger partial charge in [0.1, 0.15) is 12.8 Å². The molecule has 0 atom stereocenters. The highest BCUT2D eigenvalue weighted by Crippen LogP contribution is 2.13. The first kappa shape index (κ1) is 10.8. The quantitative estimate of drug-likeness (QED) is 0.349. The van der Waals surface area contributed by atoms with Crippen LogP contribution < -0.4 is 0 Å². The molecule has 0 saturated carbocycles. The molecule has 3 heteroatoms. The van der Waals surface area contributed by atoms with E-state index in [0.29, 0.717) is 13.0 Å². The van der Waals surface area contributed by atoms with E-state index < -0.39 is 0 Å². The Hall–Kier alpha value is -1.27. The SMILES string of the molecule is C#CCCON=[C]c1ccccc1Br. The Labute approximate surface area is 92.1 Å². The standard InChI is InChI=1S/C11H9BrNO/c1-2-3-8-14-13-9-10-6-4-5-7-11(10)12/h1,4-7H,3,8H2. The normalized spacial score (nSPS) is 10.0. The summed E-state index contributed by atoms with van der Waals surface area (Å²) in [5.41, 5.74) is 0.855. The molecule has 0 heterocycles. The number of hydrogen-bond donors (Lipinski definition) is 0. The summed E-state index contributed by atoms with van der Waals surface area (Å²) in [5, 5.41) is 3.66. The van der Waals surface area contributed by atoms with Gasteiger partial charge in [0.15, 0.2) is 0 Å². The first-order valence-electron chi connectivity index (χ1n) is 4.10. The summed E-state index contributed by atoms with van der Waals surface area (Å²) in [6.45, 7) is 0.425. The number of rotatable bonds is 4. The molecular formula is C11H9BrNO. The van der Waals surface area contributed by atoms with Gasteiger partial charge in [-0.2, -0.15) is 0 Å². The van der Waals surface area contributed by atoms with Crippen molar-refractivity contribution in [2.75, 3.05) is 6.61 Å². The van der Waals surface area contributed by atoms with E-state index in [1.807, 2.05) is 24.3 Å². The first-order chi connectivity index (χ1) is 6.84. The van der Waals surface area contributed by atoms with Gasteiger partial charge >= 0.3 is 0 Å². The van der Waals surface area contributed by atoms with Crippen molar-refractivity contribution < 1.29 is 4.84 Å². The van der Waals surface area contributed by atoms with Crippen molar-refractivity contribution in [3.8, 4) is 12.3 Å². The number of hydrogen-bond acceptors (Lipinski definition) is 2. The van der Waals surface area contributed by atoms with Crippen LogP contribution in [0.3, 0.4) is 0 Å². The average molecular weight is 251 g/mol. The number of nitrogens with zero attached hydrogens (tertiary/aromatic N) is 1. The van der Waals surface area contributed by atoms with Crippen molar-refractivity contribution in [3.63, 3.8) is 0 Å². The van der Waals surface area contributed by atoms with E-state index in [1.165, 1.54) is 0 Å². The Balaban J connectivity index is 2.45. The van der Waals surface area contributed by atoms with Crippen LogP contribution in [0.25, 0.3) is 0 Å². The van der Waals surface area contributed by atoms with Crippen LogP contribution in [-0.4, -0.2) is 12.8 Å². The van der Waals surface area contributed by atoms with E-state index in [2.05, 4.69) is 33.2 Å². The molecule has 1 aromatic carbocycles. The first-order valence-corrected chi connectivity index (χ1v) is 4.90. The Bertz CT molecular complexity index is 355. The van der Waals surface area contributed by atoms with Gasteiger partial charge < -0.3 is 4.84 Å². The highest BCUT2D eigenvalue weighted by Gasteiger charge is 1.94. The molecule has 0 amide bonds. The highest BCUT2D eigenvalue weighted by molar-refractivity contribution is 9.10. The van der Waals surface area contributed by atoms with Gasteiger partial charge in [-0.05, 0) is 6.07 Å². The van der Waals surface area contributed by atoms with Crippen LogP contribution in [0.2, 0.25) is 0 Å². The Morgan fingerprint density at radius 3 is 2.93 bits per heavy atom. The lowest BCUT2D eigenvalue weighted by Gasteiger charge is -1.95. The highest BCUT2D eigenvalue weighted by atomic mass is 79.9. The zero-order valence-corrected chi connectivity index (χ0v) is 9.12. The molecule has 1 rings (SSSR count). The Kier molecular flexibility index (Phi) is 4.81. The third-order valence-corrected chi connectivity index (χ3v) is 2.13. The van der Waals surface area contributed by atoms with Gasteiger partial charge in [0.25, 0.3) is 0 Å². The minimum Gasteiger partial charge on any atom is -0.394 e. The molecule has 0 fully saturated rings. The topological polar surface area (TPSA) is 21.6 Å². The maximum atomic E-state index is 5.05. The molecule has 2 nitrogen and oxygen atoms in total. The summed E-state index contributed by atoms with van der Waals surface area (Å²) < 4.78 is 0.935. The lowest BCUT2D eigenvalue weighted by atomic mass is 10.2. The van der Waals surface area contributed by atoms with E-state index in [4.69, 9.17) is 11.3 Å². The van der Waals surface area contributed by atoms with Crippen LogP contribution in [0.5, 0.6) is 0 Å². The van der Waals surface area contributed by atoms with Crippen LogP contribution in [0, 0.1) is 12.3 Å². The average Bonchev–Trinajstić information content (AvgIpc) is 2.20. The summed E-state index contributed by atoms with van der Waals surface area (Å²) in [5.74, 6) is 2.46. The van der Waals surface area contributed by atoms with Crippen molar-refractivity contribution in [1.29, 1.82) is 0 Å². The molecule has 1 aromatic rings. The zero-order valence-electron chi connectivity index (χ0n) is 7.53. The van der Waals surface area contributed by atoms with Gasteiger partial charge in [0, 0.05) is 16.5 Å². The summed E-state index contributed by atoms with van der Waals surface area (Å²) in [6, 6.07) is 7.63. The fourth-order valence-corrected chi connectivity index (χ4v) is 1.16. The molecule has 0 aliphatic heterocycles. The van der Waals surface area contributed by atoms with E-state index in [1.54, 1.807) is 0 Å². The minimum absolute atomic E-state index is 0.425. The Morgan fingerprint density at radius 1 is 1.43 bits per heavy atom. The Morgan fingerprint density at radius 2 is 2.21 bits per heavy atom. The summed E-state index contributed by atoms with van der Waals surface area (Å²) in [7, 11) is 0. The van der Waals surface area contributed by atoms with E-state index in [-0.39, 0.29) is 0 Å². The largest absolute Gasteiger partial charge is 0.394 e. The molecule has 1 radical (unpaired) electrons. The summed E-state index contributed by atoms with van der Waals surface area (Å²) >= 11 is 3.37. The second kappa shape index (κ2) is 6.22. The molecular weight excluding hydrogens is 242 g/mol. The number of terminal acetylenes is 1. The van der Waals surface area contributed by atoms with E-state index >= 15 is 0 Å². The summed E-state index contributed by atoms with van der Waals surface area (Å²) in [4.78, 5) is 4.88. The minimum atomic E-state index is 0.425. The third kappa shape index (κ3) is 3.63. The van der Waals surface area contributed by atoms with Gasteiger partial charge in [-0.25, -0.2) is 0 Å².